The highest BCUT2D eigenvalue weighted by atomic mass is 19.4. The molecule has 2 fully saturated rings. The van der Waals surface area contributed by atoms with Crippen molar-refractivity contribution >= 4 is 17.5 Å². The molecule has 1 aromatic carbocycles. The Morgan fingerprint density at radius 1 is 0.978 bits per heavy atom. The van der Waals surface area contributed by atoms with Crippen molar-refractivity contribution in [3.8, 4) is 11.3 Å². The van der Waals surface area contributed by atoms with Gasteiger partial charge in [-0.1, -0.05) is 45.2 Å². The summed E-state index contributed by atoms with van der Waals surface area (Å²) in [6.45, 7) is 6.43. The van der Waals surface area contributed by atoms with Gasteiger partial charge in [0.2, 0.25) is 5.91 Å². The van der Waals surface area contributed by atoms with Crippen LogP contribution in [-0.2, 0) is 30.4 Å². The topological polar surface area (TPSA) is 88.6 Å². The first-order chi connectivity index (χ1) is 22.2. The van der Waals surface area contributed by atoms with Crippen LogP contribution in [0.25, 0.3) is 16.9 Å². The number of imidazole rings is 1. The fraction of sp³-hybridized carbons (Fsp3) is 0.500. The lowest BCUT2D eigenvalue weighted by molar-refractivity contribution is -0.141. The highest BCUT2D eigenvalue weighted by Crippen LogP contribution is 2.36. The van der Waals surface area contributed by atoms with Crippen LogP contribution in [0, 0.1) is 5.92 Å². The van der Waals surface area contributed by atoms with Gasteiger partial charge in [0.1, 0.15) is 0 Å². The molecule has 12 heteroatoms. The van der Waals surface area contributed by atoms with Crippen molar-refractivity contribution in [2.24, 2.45) is 5.92 Å². The number of rotatable bonds is 8. The summed E-state index contributed by atoms with van der Waals surface area (Å²) in [5.41, 5.74) is 2.90. The van der Waals surface area contributed by atoms with Crippen molar-refractivity contribution in [1.29, 1.82) is 0 Å². The Bertz CT molecular complexity index is 1710. The van der Waals surface area contributed by atoms with Gasteiger partial charge in [-0.15, -0.1) is 0 Å². The van der Waals surface area contributed by atoms with E-state index in [4.69, 9.17) is 0 Å². The molecule has 0 unspecified atom stereocenters. The third-order valence-electron chi connectivity index (χ3n) is 9.25. The molecule has 0 radical (unpaired) electrons. The second kappa shape index (κ2) is 13.3. The molecular formula is C34H40F3N7O2. The van der Waals surface area contributed by atoms with E-state index in [2.05, 4.69) is 15.1 Å². The Morgan fingerprint density at radius 3 is 2.41 bits per heavy atom. The number of aryl methyl sites for hydroxylation is 2. The van der Waals surface area contributed by atoms with Gasteiger partial charge in [-0.05, 0) is 42.9 Å². The monoisotopic (exact) mass is 635 g/mol. The van der Waals surface area contributed by atoms with Crippen LogP contribution in [0.3, 0.4) is 0 Å². The van der Waals surface area contributed by atoms with Crippen LogP contribution in [0.4, 0.5) is 13.2 Å². The van der Waals surface area contributed by atoms with Crippen molar-refractivity contribution in [2.75, 3.05) is 26.2 Å². The second-order valence-corrected chi connectivity index (χ2v) is 12.3. The highest BCUT2D eigenvalue weighted by Gasteiger charge is 2.38. The largest absolute Gasteiger partial charge is 0.435 e. The normalized spacial score (nSPS) is 16.4. The van der Waals surface area contributed by atoms with Gasteiger partial charge in [-0.3, -0.25) is 23.7 Å². The fourth-order valence-corrected chi connectivity index (χ4v) is 6.82. The number of carbonyl (C=O) groups excluding carboxylic acids is 2. The molecule has 0 N–H and O–H groups in total. The smallest absolute Gasteiger partial charge is 0.339 e. The van der Waals surface area contributed by atoms with Crippen LogP contribution in [0.15, 0.2) is 43.0 Å². The van der Waals surface area contributed by atoms with Crippen LogP contribution < -0.4 is 0 Å². The van der Waals surface area contributed by atoms with Crippen molar-refractivity contribution in [2.45, 2.75) is 77.9 Å². The van der Waals surface area contributed by atoms with Gasteiger partial charge in [0.05, 0.1) is 23.1 Å². The van der Waals surface area contributed by atoms with Gasteiger partial charge in [-0.25, -0.2) is 4.98 Å². The van der Waals surface area contributed by atoms with Crippen molar-refractivity contribution < 1.29 is 22.8 Å². The Balaban J connectivity index is 1.18. The number of alkyl halides is 3. The summed E-state index contributed by atoms with van der Waals surface area (Å²) in [7, 11) is 0. The SMILES string of the molecule is CCCn1cc(-c2cnc3c(Cc4ccc(C(=O)N5CCN(C(=O)C6CCCCC6)CC5)c(CC)c4)nccn23)c(C(F)(F)F)n1. The predicted molar refractivity (Wildman–Crippen MR) is 167 cm³/mol. The standard InChI is InChI=1S/C34H40F3N7O2/c1-3-13-43-22-27(30(40-43)34(35,36)37)29-21-39-31-28(38-12-14-44(29)31)20-23-10-11-26(24(4-2)19-23)33(46)42-17-15-41(16-18-42)32(45)25-8-6-5-7-9-25/h10-12,14,19,21-22,25H,3-9,13,15-18,20H2,1-2H3. The molecule has 4 heterocycles. The van der Waals surface area contributed by atoms with Gasteiger partial charge in [0.15, 0.2) is 11.3 Å². The van der Waals surface area contributed by atoms with E-state index in [1.165, 1.54) is 23.5 Å². The third-order valence-corrected chi connectivity index (χ3v) is 9.25. The van der Waals surface area contributed by atoms with Gasteiger partial charge in [0, 0.05) is 69.2 Å². The number of carbonyl (C=O) groups is 2. The summed E-state index contributed by atoms with van der Waals surface area (Å²) in [5, 5.41) is 3.82. The molecule has 4 aromatic rings. The van der Waals surface area contributed by atoms with E-state index in [0.717, 1.165) is 36.8 Å². The second-order valence-electron chi connectivity index (χ2n) is 12.3. The number of fused-ring (bicyclic) bond motifs is 1. The number of hydrogen-bond acceptors (Lipinski definition) is 5. The first-order valence-electron chi connectivity index (χ1n) is 16.3. The lowest BCUT2D eigenvalue weighted by Crippen LogP contribution is -2.52. The molecule has 2 aliphatic rings. The molecule has 0 atom stereocenters. The Labute approximate surface area is 266 Å². The van der Waals surface area contributed by atoms with Gasteiger partial charge in [0.25, 0.3) is 5.91 Å². The average molecular weight is 636 g/mol. The van der Waals surface area contributed by atoms with Crippen LogP contribution in [-0.4, -0.2) is 71.9 Å². The molecule has 2 amide bonds. The Kier molecular flexibility index (Phi) is 9.15. The molecular weight excluding hydrogens is 595 g/mol. The number of aromatic nitrogens is 5. The molecule has 1 aliphatic heterocycles. The molecule has 46 heavy (non-hydrogen) atoms. The molecule has 3 aromatic heterocycles. The summed E-state index contributed by atoms with van der Waals surface area (Å²) in [6, 6.07) is 5.76. The lowest BCUT2D eigenvalue weighted by atomic mass is 9.88. The number of amides is 2. The van der Waals surface area contributed by atoms with E-state index in [9.17, 15) is 22.8 Å². The van der Waals surface area contributed by atoms with Crippen molar-refractivity contribution in [1.82, 2.24) is 33.9 Å². The van der Waals surface area contributed by atoms with Crippen molar-refractivity contribution in [3.05, 3.63) is 71.1 Å². The van der Waals surface area contributed by atoms with Crippen LogP contribution in [0.5, 0.6) is 0 Å². The molecule has 244 valence electrons. The average Bonchev–Trinajstić information content (AvgIpc) is 3.70. The van der Waals surface area contributed by atoms with E-state index in [0.29, 0.717) is 74.6 Å². The zero-order valence-electron chi connectivity index (χ0n) is 26.4. The first-order valence-corrected chi connectivity index (χ1v) is 16.3. The lowest BCUT2D eigenvalue weighted by Gasteiger charge is -2.37. The minimum Gasteiger partial charge on any atom is -0.339 e. The summed E-state index contributed by atoms with van der Waals surface area (Å²) in [4.78, 5) is 39.3. The summed E-state index contributed by atoms with van der Waals surface area (Å²) < 4.78 is 44.7. The van der Waals surface area contributed by atoms with Crippen LogP contribution >= 0.6 is 0 Å². The Morgan fingerprint density at radius 2 is 1.72 bits per heavy atom. The maximum Gasteiger partial charge on any atom is 0.435 e. The maximum atomic E-state index is 13.9. The van der Waals surface area contributed by atoms with Crippen molar-refractivity contribution in [3.63, 3.8) is 0 Å². The minimum atomic E-state index is -4.61. The fourth-order valence-electron chi connectivity index (χ4n) is 6.82. The van der Waals surface area contributed by atoms with E-state index in [1.54, 1.807) is 16.8 Å². The van der Waals surface area contributed by atoms with Gasteiger partial charge >= 0.3 is 6.18 Å². The number of nitrogens with zero attached hydrogens (tertiary/aromatic N) is 7. The molecule has 1 aliphatic carbocycles. The van der Waals surface area contributed by atoms with E-state index in [1.807, 2.05) is 41.8 Å². The predicted octanol–water partition coefficient (Wildman–Crippen LogP) is 6.04. The minimum absolute atomic E-state index is 0.0269. The van der Waals surface area contributed by atoms with E-state index >= 15 is 0 Å². The third kappa shape index (κ3) is 6.39. The van der Waals surface area contributed by atoms with Gasteiger partial charge in [-0.2, -0.15) is 18.3 Å². The summed E-state index contributed by atoms with van der Waals surface area (Å²) >= 11 is 0. The number of hydrogen-bond donors (Lipinski definition) is 0. The summed E-state index contributed by atoms with van der Waals surface area (Å²) in [6.07, 6.45) is 8.52. The molecule has 6 rings (SSSR count). The first kappa shape index (κ1) is 31.7. The number of halogens is 3. The molecule has 0 spiro atoms. The molecule has 1 saturated heterocycles. The zero-order chi connectivity index (χ0) is 32.4. The van der Waals surface area contributed by atoms with E-state index < -0.39 is 11.9 Å². The molecule has 9 nitrogen and oxygen atoms in total. The van der Waals surface area contributed by atoms with Crippen LogP contribution in [0.1, 0.15) is 85.2 Å². The van der Waals surface area contributed by atoms with Gasteiger partial charge < -0.3 is 9.80 Å². The highest BCUT2D eigenvalue weighted by molar-refractivity contribution is 5.96. The van der Waals surface area contributed by atoms with Crippen LogP contribution in [0.2, 0.25) is 0 Å². The maximum absolute atomic E-state index is 13.9. The molecule has 0 bridgehead atoms. The summed E-state index contributed by atoms with van der Waals surface area (Å²) in [5.74, 6) is 0.340. The number of piperazine rings is 1. The van der Waals surface area contributed by atoms with E-state index in [-0.39, 0.29) is 23.3 Å². The zero-order valence-corrected chi connectivity index (χ0v) is 26.4. The number of benzene rings is 1. The molecule has 1 saturated carbocycles. The quantitative estimate of drug-likeness (QED) is 0.236. The Hall–Kier alpha value is -4.22.